The fourth-order valence-corrected chi connectivity index (χ4v) is 2.01. The van der Waals surface area contributed by atoms with E-state index in [-0.39, 0.29) is 0 Å². The zero-order chi connectivity index (χ0) is 18.2. The normalized spacial score (nSPS) is 9.79. The molecule has 0 bridgehead atoms. The number of benzene rings is 2. The molecule has 0 atom stereocenters. The van der Waals surface area contributed by atoms with E-state index in [1.807, 2.05) is 75.4 Å². The molecule has 3 nitrogen and oxygen atoms in total. The van der Waals surface area contributed by atoms with Crippen molar-refractivity contribution in [2.24, 2.45) is 10.2 Å². The topological polar surface area (TPSA) is 34.0 Å². The van der Waals surface area contributed by atoms with Crippen molar-refractivity contribution in [2.45, 2.75) is 27.2 Å². The summed E-state index contributed by atoms with van der Waals surface area (Å²) in [6, 6.07) is 17.7. The molecule has 0 aliphatic carbocycles. The SMILES string of the molecule is Brc1ccccc1.C=N/N=C(\OCCC)c1ccc(Br)cc1.CC. The molecule has 0 spiro atoms. The van der Waals surface area contributed by atoms with Gasteiger partial charge >= 0.3 is 0 Å². The molecular weight excluding hydrogens is 432 g/mol. The number of nitrogens with zero attached hydrogens (tertiary/aromatic N) is 2. The minimum absolute atomic E-state index is 0.513. The van der Waals surface area contributed by atoms with Gasteiger partial charge in [-0.25, -0.2) is 0 Å². The maximum absolute atomic E-state index is 5.46. The molecule has 0 saturated heterocycles. The minimum Gasteiger partial charge on any atom is -0.476 e. The van der Waals surface area contributed by atoms with Crippen LogP contribution in [-0.4, -0.2) is 19.2 Å². The van der Waals surface area contributed by atoms with Gasteiger partial charge in [-0.05, 0) is 42.8 Å². The highest BCUT2D eigenvalue weighted by Crippen LogP contribution is 2.12. The van der Waals surface area contributed by atoms with Crippen molar-refractivity contribution in [1.29, 1.82) is 0 Å². The van der Waals surface area contributed by atoms with Gasteiger partial charge in [-0.15, -0.1) is 5.10 Å². The highest BCUT2D eigenvalue weighted by molar-refractivity contribution is 9.10. The summed E-state index contributed by atoms with van der Waals surface area (Å²) in [6.45, 7) is 10.00. The zero-order valence-electron chi connectivity index (χ0n) is 14.4. The van der Waals surface area contributed by atoms with Crippen LogP contribution in [0.1, 0.15) is 32.8 Å². The van der Waals surface area contributed by atoms with E-state index in [0.29, 0.717) is 12.5 Å². The third-order valence-electron chi connectivity index (χ3n) is 2.43. The molecule has 0 N–H and O–H groups in total. The largest absolute Gasteiger partial charge is 0.476 e. The summed E-state index contributed by atoms with van der Waals surface area (Å²) in [5.41, 5.74) is 0.902. The summed E-state index contributed by atoms with van der Waals surface area (Å²) in [6.07, 6.45) is 0.937. The van der Waals surface area contributed by atoms with Gasteiger partial charge in [0, 0.05) is 21.2 Å². The van der Waals surface area contributed by atoms with E-state index in [1.165, 1.54) is 0 Å². The molecule has 24 heavy (non-hydrogen) atoms. The Hall–Kier alpha value is -1.46. The second kappa shape index (κ2) is 15.1. The van der Waals surface area contributed by atoms with E-state index in [0.717, 1.165) is 20.9 Å². The first kappa shape index (κ1) is 22.5. The molecule has 0 heterocycles. The van der Waals surface area contributed by atoms with Gasteiger partial charge in [0.15, 0.2) is 0 Å². The highest BCUT2D eigenvalue weighted by Gasteiger charge is 2.03. The average Bonchev–Trinajstić information content (AvgIpc) is 2.62. The van der Waals surface area contributed by atoms with Crippen molar-refractivity contribution < 1.29 is 4.74 Å². The van der Waals surface area contributed by atoms with E-state index in [1.54, 1.807) is 0 Å². The number of halogens is 2. The number of hydrogen-bond donors (Lipinski definition) is 0. The van der Waals surface area contributed by atoms with Crippen LogP contribution in [0.2, 0.25) is 0 Å². The lowest BCUT2D eigenvalue weighted by molar-refractivity contribution is 0.304. The van der Waals surface area contributed by atoms with Crippen LogP contribution in [-0.2, 0) is 4.74 Å². The van der Waals surface area contributed by atoms with Gasteiger partial charge in [-0.2, -0.15) is 5.10 Å². The lowest BCUT2D eigenvalue weighted by atomic mass is 10.2. The van der Waals surface area contributed by atoms with Gasteiger partial charge < -0.3 is 4.74 Å². The molecule has 0 fully saturated rings. The molecule has 0 radical (unpaired) electrons. The lowest BCUT2D eigenvalue weighted by Crippen LogP contribution is -2.07. The Kier molecular flexibility index (Phi) is 14.2. The molecule has 2 aromatic carbocycles. The molecule has 0 unspecified atom stereocenters. The van der Waals surface area contributed by atoms with Gasteiger partial charge in [-0.3, -0.25) is 0 Å². The van der Waals surface area contributed by atoms with Gasteiger partial charge in [0.2, 0.25) is 5.90 Å². The van der Waals surface area contributed by atoms with Crippen molar-refractivity contribution in [1.82, 2.24) is 0 Å². The van der Waals surface area contributed by atoms with Gasteiger partial charge in [0.25, 0.3) is 0 Å². The first-order valence-electron chi connectivity index (χ1n) is 7.80. The van der Waals surface area contributed by atoms with Crippen LogP contribution in [0.4, 0.5) is 0 Å². The molecule has 2 aromatic rings. The quantitative estimate of drug-likeness (QED) is 0.286. The van der Waals surface area contributed by atoms with Crippen molar-refractivity contribution in [3.63, 3.8) is 0 Å². The van der Waals surface area contributed by atoms with Crippen LogP contribution in [0.25, 0.3) is 0 Å². The molecule has 0 aliphatic heterocycles. The van der Waals surface area contributed by atoms with Crippen LogP contribution in [0, 0.1) is 0 Å². The standard InChI is InChI=1S/C11H13BrN2O.C6H5Br.C2H6/c1-3-8-15-11(14-13-2)9-4-6-10(12)7-5-9;7-6-4-2-1-3-5-6;1-2/h4-7H,2-3,8H2,1H3;1-5H;1-2H3/b14-11-;;. The summed E-state index contributed by atoms with van der Waals surface area (Å²) in [5.74, 6) is 0.513. The number of rotatable bonds is 4. The van der Waals surface area contributed by atoms with E-state index >= 15 is 0 Å². The Balaban J connectivity index is 0.000000488. The Bertz CT molecular complexity index is 584. The monoisotopic (exact) mass is 454 g/mol. The molecule has 5 heteroatoms. The third kappa shape index (κ3) is 10.3. The predicted octanol–water partition coefficient (Wildman–Crippen LogP) is 6.71. The Morgan fingerprint density at radius 3 is 1.92 bits per heavy atom. The number of ether oxygens (including phenoxy) is 1. The first-order chi connectivity index (χ1) is 11.7. The molecule has 130 valence electrons. The van der Waals surface area contributed by atoms with Crippen molar-refractivity contribution in [3.8, 4) is 0 Å². The summed E-state index contributed by atoms with van der Waals surface area (Å²) in [5, 5.41) is 7.34. The minimum atomic E-state index is 0.513. The molecule has 2 rings (SSSR count). The van der Waals surface area contributed by atoms with Gasteiger partial charge in [-0.1, -0.05) is 70.8 Å². The maximum Gasteiger partial charge on any atom is 0.240 e. The molecule has 0 amide bonds. The van der Waals surface area contributed by atoms with E-state index in [4.69, 9.17) is 4.74 Å². The van der Waals surface area contributed by atoms with Crippen molar-refractivity contribution in [2.75, 3.05) is 6.61 Å². The van der Waals surface area contributed by atoms with Crippen molar-refractivity contribution in [3.05, 3.63) is 69.1 Å². The van der Waals surface area contributed by atoms with Crippen LogP contribution in [0.15, 0.2) is 73.7 Å². The van der Waals surface area contributed by atoms with E-state index in [2.05, 4.69) is 48.8 Å². The predicted molar refractivity (Wildman–Crippen MR) is 112 cm³/mol. The van der Waals surface area contributed by atoms with Crippen LogP contribution in [0.5, 0.6) is 0 Å². The van der Waals surface area contributed by atoms with E-state index < -0.39 is 0 Å². The third-order valence-corrected chi connectivity index (χ3v) is 3.49. The first-order valence-corrected chi connectivity index (χ1v) is 9.39. The summed E-state index contributed by atoms with van der Waals surface area (Å²) in [4.78, 5) is 0. The summed E-state index contributed by atoms with van der Waals surface area (Å²) in [7, 11) is 0. The van der Waals surface area contributed by atoms with E-state index in [9.17, 15) is 0 Å². The fourth-order valence-electron chi connectivity index (χ4n) is 1.44. The van der Waals surface area contributed by atoms with Crippen LogP contribution < -0.4 is 0 Å². The molecule has 0 aromatic heterocycles. The zero-order valence-corrected chi connectivity index (χ0v) is 17.5. The lowest BCUT2D eigenvalue weighted by Gasteiger charge is -2.06. The summed E-state index contributed by atoms with van der Waals surface area (Å²) < 4.78 is 7.61. The molecular formula is C19H24Br2N2O. The summed E-state index contributed by atoms with van der Waals surface area (Å²) >= 11 is 6.68. The Morgan fingerprint density at radius 2 is 1.50 bits per heavy atom. The highest BCUT2D eigenvalue weighted by atomic mass is 79.9. The Labute approximate surface area is 162 Å². The van der Waals surface area contributed by atoms with Gasteiger partial charge in [0.1, 0.15) is 0 Å². The van der Waals surface area contributed by atoms with Crippen molar-refractivity contribution >= 4 is 44.5 Å². The number of hydrogen-bond acceptors (Lipinski definition) is 3. The maximum atomic E-state index is 5.46. The smallest absolute Gasteiger partial charge is 0.240 e. The Morgan fingerprint density at radius 1 is 0.958 bits per heavy atom. The average molecular weight is 456 g/mol. The van der Waals surface area contributed by atoms with Crippen LogP contribution >= 0.6 is 31.9 Å². The fraction of sp³-hybridized carbons (Fsp3) is 0.263. The second-order valence-corrected chi connectivity index (χ2v) is 6.03. The molecule has 0 saturated carbocycles. The second-order valence-electron chi connectivity index (χ2n) is 4.20. The van der Waals surface area contributed by atoms with Crippen LogP contribution in [0.3, 0.4) is 0 Å². The van der Waals surface area contributed by atoms with Gasteiger partial charge in [0.05, 0.1) is 6.61 Å². The molecule has 0 aliphatic rings.